The van der Waals surface area contributed by atoms with Crippen molar-refractivity contribution >= 4 is 23.4 Å². The lowest BCUT2D eigenvalue weighted by molar-refractivity contribution is 0.0563. The summed E-state index contributed by atoms with van der Waals surface area (Å²) in [6.07, 6.45) is 0. The number of anilines is 1. The maximum atomic E-state index is 13.2. The molecule has 4 nitrogen and oxygen atoms in total. The number of hydrogen-bond donors (Lipinski definition) is 1. The highest BCUT2D eigenvalue weighted by Gasteiger charge is 2.17. The molecule has 1 unspecified atom stereocenters. The van der Waals surface area contributed by atoms with Crippen molar-refractivity contribution < 1.29 is 18.3 Å². The normalized spacial score (nSPS) is 12.2. The molecule has 0 saturated carbocycles. The number of thioether (sulfide) groups is 1. The van der Waals surface area contributed by atoms with E-state index in [2.05, 4.69) is 4.74 Å². The van der Waals surface area contributed by atoms with E-state index in [0.717, 1.165) is 0 Å². The molecule has 2 rings (SSSR count). The molecular formula is C14H14FNO3S. The molecular weight excluding hydrogens is 281 g/mol. The monoisotopic (exact) mass is 295 g/mol. The van der Waals surface area contributed by atoms with Crippen molar-refractivity contribution in [2.45, 2.75) is 17.1 Å². The molecule has 6 heteroatoms. The fourth-order valence-electron chi connectivity index (χ4n) is 1.64. The molecule has 0 spiro atoms. The second-order valence-corrected chi connectivity index (χ2v) is 5.52. The van der Waals surface area contributed by atoms with Gasteiger partial charge in [0.15, 0.2) is 0 Å². The van der Waals surface area contributed by atoms with E-state index in [9.17, 15) is 9.18 Å². The van der Waals surface area contributed by atoms with Crippen LogP contribution in [0.15, 0.2) is 39.6 Å². The van der Waals surface area contributed by atoms with E-state index in [4.69, 9.17) is 10.2 Å². The SMILES string of the molecule is COC(=O)c1ccc(C(C)Sc2cc(F)ccc2N)o1. The van der Waals surface area contributed by atoms with Gasteiger partial charge in [-0.15, -0.1) is 11.8 Å². The second kappa shape index (κ2) is 6.00. The summed E-state index contributed by atoms with van der Waals surface area (Å²) < 4.78 is 23.2. The molecule has 0 fully saturated rings. The molecule has 2 aromatic rings. The third kappa shape index (κ3) is 3.14. The minimum absolute atomic E-state index is 0.113. The predicted octanol–water partition coefficient (Wildman–Crippen LogP) is 3.64. The molecule has 0 bridgehead atoms. The summed E-state index contributed by atoms with van der Waals surface area (Å²) in [5, 5.41) is -0.113. The first-order valence-corrected chi connectivity index (χ1v) is 6.79. The summed E-state index contributed by atoms with van der Waals surface area (Å²) in [4.78, 5) is 11.9. The quantitative estimate of drug-likeness (QED) is 0.530. The number of carbonyl (C=O) groups excluding carboxylic acids is 1. The van der Waals surface area contributed by atoms with Crippen LogP contribution in [0.1, 0.15) is 28.5 Å². The molecule has 0 saturated heterocycles. The Morgan fingerprint density at radius 2 is 2.15 bits per heavy atom. The van der Waals surface area contributed by atoms with Gasteiger partial charge in [-0.2, -0.15) is 0 Å². The Labute approximate surface area is 120 Å². The minimum Gasteiger partial charge on any atom is -0.463 e. The van der Waals surface area contributed by atoms with Crippen molar-refractivity contribution in [3.8, 4) is 0 Å². The van der Waals surface area contributed by atoms with Crippen LogP contribution in [0, 0.1) is 5.82 Å². The molecule has 0 radical (unpaired) electrons. The van der Waals surface area contributed by atoms with Crippen molar-refractivity contribution in [3.63, 3.8) is 0 Å². The summed E-state index contributed by atoms with van der Waals surface area (Å²) in [7, 11) is 1.29. The number of furan rings is 1. The van der Waals surface area contributed by atoms with Crippen molar-refractivity contribution in [1.29, 1.82) is 0 Å². The van der Waals surface area contributed by atoms with Crippen LogP contribution in [0.4, 0.5) is 10.1 Å². The summed E-state index contributed by atoms with van der Waals surface area (Å²) in [5.74, 6) is -0.136. The molecule has 20 heavy (non-hydrogen) atoms. The molecule has 1 heterocycles. The molecule has 0 aliphatic rings. The summed E-state index contributed by atoms with van der Waals surface area (Å²) in [6, 6.07) is 7.45. The third-order valence-electron chi connectivity index (χ3n) is 2.69. The fourth-order valence-corrected chi connectivity index (χ4v) is 2.65. The van der Waals surface area contributed by atoms with Gasteiger partial charge in [0.2, 0.25) is 5.76 Å². The zero-order valence-corrected chi connectivity index (χ0v) is 11.9. The lowest BCUT2D eigenvalue weighted by Gasteiger charge is -2.10. The summed E-state index contributed by atoms with van der Waals surface area (Å²) >= 11 is 1.36. The van der Waals surface area contributed by atoms with Crippen LogP contribution in [0.2, 0.25) is 0 Å². The molecule has 0 amide bonds. The van der Waals surface area contributed by atoms with Gasteiger partial charge in [-0.3, -0.25) is 0 Å². The number of esters is 1. The van der Waals surface area contributed by atoms with Crippen molar-refractivity contribution in [1.82, 2.24) is 0 Å². The van der Waals surface area contributed by atoms with Crippen LogP contribution in [0.3, 0.4) is 0 Å². The number of hydrogen-bond acceptors (Lipinski definition) is 5. The number of halogens is 1. The number of benzene rings is 1. The van der Waals surface area contributed by atoms with E-state index in [1.54, 1.807) is 12.1 Å². The van der Waals surface area contributed by atoms with Gasteiger partial charge in [-0.05, 0) is 37.3 Å². The van der Waals surface area contributed by atoms with E-state index in [0.29, 0.717) is 16.3 Å². The average Bonchev–Trinajstić information content (AvgIpc) is 2.91. The molecule has 0 aliphatic carbocycles. The van der Waals surface area contributed by atoms with Gasteiger partial charge >= 0.3 is 5.97 Å². The second-order valence-electron chi connectivity index (χ2n) is 4.14. The smallest absolute Gasteiger partial charge is 0.373 e. The van der Waals surface area contributed by atoms with Crippen LogP contribution >= 0.6 is 11.8 Å². The highest BCUT2D eigenvalue weighted by molar-refractivity contribution is 7.99. The highest BCUT2D eigenvalue weighted by Crippen LogP contribution is 2.38. The van der Waals surface area contributed by atoms with Gasteiger partial charge in [-0.1, -0.05) is 0 Å². The summed E-state index contributed by atoms with van der Waals surface area (Å²) in [6.45, 7) is 1.88. The Hall–Kier alpha value is -1.95. The zero-order chi connectivity index (χ0) is 14.7. The van der Waals surface area contributed by atoms with Crippen LogP contribution in [0.5, 0.6) is 0 Å². The first kappa shape index (κ1) is 14.5. The van der Waals surface area contributed by atoms with E-state index in [1.807, 2.05) is 6.92 Å². The molecule has 106 valence electrons. The number of carbonyl (C=O) groups is 1. The van der Waals surface area contributed by atoms with Gasteiger partial charge in [0.25, 0.3) is 0 Å². The first-order chi connectivity index (χ1) is 9.51. The zero-order valence-electron chi connectivity index (χ0n) is 11.1. The molecule has 1 aromatic carbocycles. The third-order valence-corrected chi connectivity index (χ3v) is 3.89. The van der Waals surface area contributed by atoms with E-state index in [-0.39, 0.29) is 16.8 Å². The van der Waals surface area contributed by atoms with Gasteiger partial charge in [0.05, 0.1) is 12.4 Å². The summed E-state index contributed by atoms with van der Waals surface area (Å²) in [5.41, 5.74) is 6.30. The van der Waals surface area contributed by atoms with E-state index in [1.165, 1.54) is 37.1 Å². The predicted molar refractivity (Wildman–Crippen MR) is 75.1 cm³/mol. The topological polar surface area (TPSA) is 65.5 Å². The Morgan fingerprint density at radius 1 is 1.40 bits per heavy atom. The fraction of sp³-hybridized carbons (Fsp3) is 0.214. The highest BCUT2D eigenvalue weighted by atomic mass is 32.2. The van der Waals surface area contributed by atoms with Gasteiger partial charge in [0, 0.05) is 10.6 Å². The van der Waals surface area contributed by atoms with Crippen molar-refractivity contribution in [3.05, 3.63) is 47.7 Å². The van der Waals surface area contributed by atoms with Crippen LogP contribution in [0.25, 0.3) is 0 Å². The van der Waals surface area contributed by atoms with Crippen LogP contribution in [-0.2, 0) is 4.74 Å². The molecule has 2 N–H and O–H groups in total. The number of nitrogen functional groups attached to an aromatic ring is 1. The minimum atomic E-state index is -0.529. The average molecular weight is 295 g/mol. The molecule has 1 aromatic heterocycles. The number of rotatable bonds is 4. The number of methoxy groups -OCH3 is 1. The first-order valence-electron chi connectivity index (χ1n) is 5.91. The lowest BCUT2D eigenvalue weighted by Crippen LogP contribution is -1.98. The van der Waals surface area contributed by atoms with Gasteiger partial charge in [0.1, 0.15) is 11.6 Å². The Balaban J connectivity index is 2.15. The van der Waals surface area contributed by atoms with Gasteiger partial charge in [-0.25, -0.2) is 9.18 Å². The maximum absolute atomic E-state index is 13.2. The number of ether oxygens (including phenoxy) is 1. The van der Waals surface area contributed by atoms with Gasteiger partial charge < -0.3 is 14.9 Å². The number of nitrogens with two attached hydrogens (primary N) is 1. The van der Waals surface area contributed by atoms with Crippen LogP contribution < -0.4 is 5.73 Å². The Kier molecular flexibility index (Phi) is 4.34. The van der Waals surface area contributed by atoms with E-state index < -0.39 is 5.97 Å². The molecule has 1 atom stereocenters. The van der Waals surface area contributed by atoms with Crippen LogP contribution in [-0.4, -0.2) is 13.1 Å². The maximum Gasteiger partial charge on any atom is 0.373 e. The standard InChI is InChI=1S/C14H14FNO3S/c1-8(11-5-6-12(19-11)14(17)18-2)20-13-7-9(15)3-4-10(13)16/h3-8H,16H2,1-2H3. The molecule has 0 aliphatic heterocycles. The van der Waals surface area contributed by atoms with Crippen molar-refractivity contribution in [2.24, 2.45) is 0 Å². The van der Waals surface area contributed by atoms with E-state index >= 15 is 0 Å². The Bertz CT molecular complexity index is 627. The lowest BCUT2D eigenvalue weighted by atomic mass is 10.3. The largest absolute Gasteiger partial charge is 0.463 e. The van der Waals surface area contributed by atoms with Crippen molar-refractivity contribution in [2.75, 3.05) is 12.8 Å². The Morgan fingerprint density at radius 3 is 2.85 bits per heavy atom.